The van der Waals surface area contributed by atoms with Crippen molar-refractivity contribution in [2.75, 3.05) is 13.7 Å². The van der Waals surface area contributed by atoms with Gasteiger partial charge in [0.05, 0.1) is 12.2 Å². The van der Waals surface area contributed by atoms with Crippen LogP contribution in [0.1, 0.15) is 26.7 Å². The van der Waals surface area contributed by atoms with Crippen molar-refractivity contribution in [3.05, 3.63) is 0 Å². The molecule has 0 amide bonds. The molecule has 1 saturated heterocycles. The van der Waals surface area contributed by atoms with Crippen molar-refractivity contribution in [3.8, 4) is 0 Å². The first-order valence-electron chi connectivity index (χ1n) is 5.73. The monoisotopic (exact) mass is 234 g/mol. The molecule has 4 atom stereocenters. The van der Waals surface area contributed by atoms with Crippen LogP contribution in [0.3, 0.4) is 0 Å². The van der Waals surface area contributed by atoms with Crippen molar-refractivity contribution >= 4 is 0 Å². The van der Waals surface area contributed by atoms with E-state index in [9.17, 15) is 15.3 Å². The zero-order valence-electron chi connectivity index (χ0n) is 10.1. The van der Waals surface area contributed by atoms with Gasteiger partial charge in [-0.15, -0.1) is 0 Å². The second kappa shape index (κ2) is 5.42. The summed E-state index contributed by atoms with van der Waals surface area (Å²) in [5, 5.41) is 29.5. The summed E-state index contributed by atoms with van der Waals surface area (Å²) >= 11 is 0. The first kappa shape index (κ1) is 13.9. The molecule has 0 saturated carbocycles. The van der Waals surface area contributed by atoms with Gasteiger partial charge in [-0.25, -0.2) is 0 Å². The molecule has 0 aromatic heterocycles. The van der Waals surface area contributed by atoms with E-state index in [4.69, 9.17) is 9.47 Å². The Labute approximate surface area is 96.0 Å². The lowest BCUT2D eigenvalue weighted by atomic mass is 9.81. The number of hydrogen-bond acceptors (Lipinski definition) is 5. The minimum atomic E-state index is -1.19. The van der Waals surface area contributed by atoms with Crippen LogP contribution in [0.25, 0.3) is 0 Å². The summed E-state index contributed by atoms with van der Waals surface area (Å²) in [5.74, 6) is 0. The van der Waals surface area contributed by atoms with E-state index in [1.165, 1.54) is 7.11 Å². The van der Waals surface area contributed by atoms with Gasteiger partial charge in [0, 0.05) is 7.11 Å². The number of aliphatic hydroxyl groups excluding tert-OH is 3. The van der Waals surface area contributed by atoms with Gasteiger partial charge in [-0.05, 0) is 12.8 Å². The predicted molar refractivity (Wildman–Crippen MR) is 58.1 cm³/mol. The topological polar surface area (TPSA) is 79.2 Å². The molecule has 4 unspecified atom stereocenters. The molecule has 0 spiro atoms. The van der Waals surface area contributed by atoms with E-state index in [0.717, 1.165) is 0 Å². The maximum atomic E-state index is 9.97. The van der Waals surface area contributed by atoms with Gasteiger partial charge in [-0.3, -0.25) is 0 Å². The lowest BCUT2D eigenvalue weighted by Crippen LogP contribution is -2.64. The largest absolute Gasteiger partial charge is 0.388 e. The van der Waals surface area contributed by atoms with Crippen molar-refractivity contribution in [1.29, 1.82) is 0 Å². The molecular formula is C11H22O5. The van der Waals surface area contributed by atoms with Crippen molar-refractivity contribution < 1.29 is 24.8 Å². The molecule has 1 aliphatic heterocycles. The molecule has 5 heteroatoms. The number of hydrogen-bond donors (Lipinski definition) is 3. The highest BCUT2D eigenvalue weighted by Crippen LogP contribution is 2.35. The van der Waals surface area contributed by atoms with Crippen LogP contribution in [-0.4, -0.2) is 59.1 Å². The fourth-order valence-electron chi connectivity index (χ4n) is 2.29. The van der Waals surface area contributed by atoms with E-state index >= 15 is 0 Å². The molecular weight excluding hydrogens is 212 g/mol. The molecule has 1 fully saturated rings. The average Bonchev–Trinajstić information content (AvgIpc) is 2.31. The fraction of sp³-hybridized carbons (Fsp3) is 1.00. The molecule has 0 aliphatic carbocycles. The van der Waals surface area contributed by atoms with E-state index in [-0.39, 0.29) is 6.61 Å². The summed E-state index contributed by atoms with van der Waals surface area (Å²) in [5.41, 5.74) is -0.790. The standard InChI is InChI=1S/C11H22O5/c1-4-11(5-2)10(14)9(13)8(12)7(16-11)6-15-3/h7-10,12-14H,4-6H2,1-3H3. The molecule has 0 bridgehead atoms. The lowest BCUT2D eigenvalue weighted by molar-refractivity contribution is -0.277. The first-order valence-corrected chi connectivity index (χ1v) is 5.73. The van der Waals surface area contributed by atoms with Gasteiger partial charge in [0.25, 0.3) is 0 Å². The predicted octanol–water partition coefficient (Wildman–Crippen LogP) is -0.327. The number of methoxy groups -OCH3 is 1. The van der Waals surface area contributed by atoms with Crippen LogP contribution in [0.15, 0.2) is 0 Å². The van der Waals surface area contributed by atoms with E-state index in [1.54, 1.807) is 0 Å². The Bertz CT molecular complexity index is 216. The second-order valence-electron chi connectivity index (χ2n) is 4.31. The zero-order valence-corrected chi connectivity index (χ0v) is 10.1. The Morgan fingerprint density at radius 3 is 2.12 bits per heavy atom. The molecule has 5 nitrogen and oxygen atoms in total. The minimum Gasteiger partial charge on any atom is -0.388 e. The van der Waals surface area contributed by atoms with E-state index in [2.05, 4.69) is 0 Å². The van der Waals surface area contributed by atoms with Gasteiger partial charge >= 0.3 is 0 Å². The summed E-state index contributed by atoms with van der Waals surface area (Å²) in [6, 6.07) is 0. The van der Waals surface area contributed by atoms with Crippen LogP contribution in [0, 0.1) is 0 Å². The number of rotatable bonds is 4. The summed E-state index contributed by atoms with van der Waals surface area (Å²) in [4.78, 5) is 0. The van der Waals surface area contributed by atoms with Crippen LogP contribution in [0.5, 0.6) is 0 Å². The molecule has 1 heterocycles. The molecule has 0 aromatic carbocycles. The lowest BCUT2D eigenvalue weighted by Gasteiger charge is -2.48. The molecule has 1 aliphatic rings. The van der Waals surface area contributed by atoms with Crippen molar-refractivity contribution in [2.45, 2.75) is 56.7 Å². The molecule has 3 N–H and O–H groups in total. The zero-order chi connectivity index (χ0) is 12.3. The van der Waals surface area contributed by atoms with Crippen LogP contribution in [-0.2, 0) is 9.47 Å². The van der Waals surface area contributed by atoms with E-state index in [0.29, 0.717) is 12.8 Å². The quantitative estimate of drug-likeness (QED) is 0.621. The Kier molecular flexibility index (Phi) is 4.70. The molecule has 16 heavy (non-hydrogen) atoms. The van der Waals surface area contributed by atoms with Crippen molar-refractivity contribution in [3.63, 3.8) is 0 Å². The van der Waals surface area contributed by atoms with Crippen LogP contribution in [0.2, 0.25) is 0 Å². The average molecular weight is 234 g/mol. The summed E-state index contributed by atoms with van der Waals surface area (Å²) in [6.07, 6.45) is -2.80. The van der Waals surface area contributed by atoms with Gasteiger partial charge in [0.2, 0.25) is 0 Å². The third kappa shape index (κ3) is 2.24. The van der Waals surface area contributed by atoms with Gasteiger partial charge in [-0.1, -0.05) is 13.8 Å². The Hall–Kier alpha value is -0.200. The minimum absolute atomic E-state index is 0.201. The molecule has 1 rings (SSSR count). The molecule has 96 valence electrons. The van der Waals surface area contributed by atoms with Gasteiger partial charge < -0.3 is 24.8 Å². The Balaban J connectivity index is 2.88. The van der Waals surface area contributed by atoms with E-state index in [1.807, 2.05) is 13.8 Å². The third-order valence-corrected chi connectivity index (χ3v) is 3.51. The molecule has 0 aromatic rings. The Morgan fingerprint density at radius 1 is 1.12 bits per heavy atom. The SMILES string of the molecule is CCC1(CC)OC(COC)C(O)C(O)C1O. The number of ether oxygens (including phenoxy) is 2. The van der Waals surface area contributed by atoms with Crippen LogP contribution in [0.4, 0.5) is 0 Å². The number of aliphatic hydroxyl groups is 3. The third-order valence-electron chi connectivity index (χ3n) is 3.51. The van der Waals surface area contributed by atoms with Gasteiger partial charge in [0.1, 0.15) is 24.4 Å². The van der Waals surface area contributed by atoms with Gasteiger partial charge in [-0.2, -0.15) is 0 Å². The highest BCUT2D eigenvalue weighted by atomic mass is 16.6. The van der Waals surface area contributed by atoms with E-state index < -0.39 is 30.0 Å². The maximum absolute atomic E-state index is 9.97. The molecule has 0 radical (unpaired) electrons. The highest BCUT2D eigenvalue weighted by Gasteiger charge is 2.51. The van der Waals surface area contributed by atoms with Crippen molar-refractivity contribution in [2.24, 2.45) is 0 Å². The smallest absolute Gasteiger partial charge is 0.111 e. The Morgan fingerprint density at radius 2 is 1.69 bits per heavy atom. The summed E-state index contributed by atoms with van der Waals surface area (Å²) in [6.45, 7) is 3.98. The highest BCUT2D eigenvalue weighted by molar-refractivity contribution is 5.00. The second-order valence-corrected chi connectivity index (χ2v) is 4.31. The fourth-order valence-corrected chi connectivity index (χ4v) is 2.29. The van der Waals surface area contributed by atoms with Gasteiger partial charge in [0.15, 0.2) is 0 Å². The van der Waals surface area contributed by atoms with Crippen LogP contribution < -0.4 is 0 Å². The maximum Gasteiger partial charge on any atom is 0.111 e. The van der Waals surface area contributed by atoms with Crippen molar-refractivity contribution in [1.82, 2.24) is 0 Å². The summed E-state index contributed by atoms with van der Waals surface area (Å²) < 4.78 is 10.7. The first-order chi connectivity index (χ1) is 7.52. The summed E-state index contributed by atoms with van der Waals surface area (Å²) in [7, 11) is 1.51. The normalized spacial score (nSPS) is 38.6. The van der Waals surface area contributed by atoms with Crippen LogP contribution >= 0.6 is 0 Å².